The normalized spacial score (nSPS) is 10.4. The standard InChI is InChI=1S/C9H9BrN4S2/c1-4-2-5(10)3-6-7(4)12-9(16-6)14-13-8(11)15/h2-3H,1H3,(H,12,14)(H3,11,13,15). The fraction of sp³-hybridized carbons (Fsp3) is 0.111. The summed E-state index contributed by atoms with van der Waals surface area (Å²) >= 11 is 9.69. The molecule has 0 saturated heterocycles. The highest BCUT2D eigenvalue weighted by atomic mass is 79.9. The van der Waals surface area contributed by atoms with E-state index in [9.17, 15) is 0 Å². The molecule has 0 bridgehead atoms. The van der Waals surface area contributed by atoms with Crippen molar-refractivity contribution < 1.29 is 0 Å². The van der Waals surface area contributed by atoms with Crippen LogP contribution in [0.1, 0.15) is 5.56 Å². The van der Waals surface area contributed by atoms with E-state index < -0.39 is 0 Å². The number of fused-ring (bicyclic) bond motifs is 1. The lowest BCUT2D eigenvalue weighted by molar-refractivity contribution is 1.12. The van der Waals surface area contributed by atoms with Gasteiger partial charge in [-0.2, -0.15) is 0 Å². The predicted octanol–water partition coefficient (Wildman–Crippen LogP) is 2.53. The molecule has 0 radical (unpaired) electrons. The molecule has 0 aliphatic heterocycles. The molecule has 0 spiro atoms. The van der Waals surface area contributed by atoms with Gasteiger partial charge in [-0.1, -0.05) is 27.3 Å². The van der Waals surface area contributed by atoms with E-state index in [-0.39, 0.29) is 5.11 Å². The number of halogens is 1. The second kappa shape index (κ2) is 4.52. The first-order valence-corrected chi connectivity index (χ1v) is 6.46. The van der Waals surface area contributed by atoms with E-state index >= 15 is 0 Å². The molecule has 1 aromatic carbocycles. The summed E-state index contributed by atoms with van der Waals surface area (Å²) in [5.41, 5.74) is 12.9. The van der Waals surface area contributed by atoms with Gasteiger partial charge in [-0.25, -0.2) is 4.98 Å². The van der Waals surface area contributed by atoms with Gasteiger partial charge in [0.25, 0.3) is 0 Å². The van der Waals surface area contributed by atoms with E-state index in [1.807, 2.05) is 19.1 Å². The number of hydrogen-bond acceptors (Lipinski definition) is 4. The Morgan fingerprint density at radius 2 is 2.31 bits per heavy atom. The Hall–Kier alpha value is -0.920. The molecule has 2 aromatic rings. The summed E-state index contributed by atoms with van der Waals surface area (Å²) < 4.78 is 2.16. The zero-order valence-electron chi connectivity index (χ0n) is 8.37. The van der Waals surface area contributed by atoms with Crippen LogP contribution >= 0.6 is 39.5 Å². The van der Waals surface area contributed by atoms with E-state index in [0.29, 0.717) is 0 Å². The second-order valence-corrected chi connectivity index (χ2v) is 5.59. The smallest absolute Gasteiger partial charge is 0.202 e. The summed E-state index contributed by atoms with van der Waals surface area (Å²) in [6.45, 7) is 2.03. The van der Waals surface area contributed by atoms with Gasteiger partial charge in [0.05, 0.1) is 10.2 Å². The minimum absolute atomic E-state index is 0.192. The van der Waals surface area contributed by atoms with Crippen LogP contribution in [0, 0.1) is 6.92 Å². The van der Waals surface area contributed by atoms with E-state index in [0.717, 1.165) is 25.4 Å². The van der Waals surface area contributed by atoms with Gasteiger partial charge in [0.15, 0.2) is 5.11 Å². The number of hydrogen-bond donors (Lipinski definition) is 3. The number of nitrogens with two attached hydrogens (primary N) is 1. The second-order valence-electron chi connectivity index (χ2n) is 3.20. The van der Waals surface area contributed by atoms with Crippen LogP contribution in [0.25, 0.3) is 10.2 Å². The fourth-order valence-corrected chi connectivity index (χ4v) is 3.03. The molecule has 0 saturated carbocycles. The average molecular weight is 317 g/mol. The molecular formula is C9H9BrN4S2. The van der Waals surface area contributed by atoms with Crippen molar-refractivity contribution in [3.05, 3.63) is 22.2 Å². The van der Waals surface area contributed by atoms with Gasteiger partial charge in [-0.3, -0.25) is 10.9 Å². The third-order valence-corrected chi connectivity index (χ3v) is 3.42. The molecule has 0 unspecified atom stereocenters. The predicted molar refractivity (Wildman–Crippen MR) is 75.6 cm³/mol. The van der Waals surface area contributed by atoms with Gasteiger partial charge < -0.3 is 5.73 Å². The van der Waals surface area contributed by atoms with Crippen LogP contribution in [-0.4, -0.2) is 10.1 Å². The highest BCUT2D eigenvalue weighted by Crippen LogP contribution is 2.30. The zero-order valence-corrected chi connectivity index (χ0v) is 11.6. The third-order valence-electron chi connectivity index (χ3n) is 1.94. The number of hydrazine groups is 1. The van der Waals surface area contributed by atoms with Crippen LogP contribution in [0.4, 0.5) is 5.13 Å². The first kappa shape index (κ1) is 11.6. The monoisotopic (exact) mass is 316 g/mol. The van der Waals surface area contributed by atoms with Gasteiger partial charge in [0.2, 0.25) is 5.13 Å². The summed E-state index contributed by atoms with van der Waals surface area (Å²) in [5.74, 6) is 0. The number of benzene rings is 1. The lowest BCUT2D eigenvalue weighted by Gasteiger charge is -2.01. The third kappa shape index (κ3) is 2.42. The number of aryl methyl sites for hydroxylation is 1. The summed E-state index contributed by atoms with van der Waals surface area (Å²) in [4.78, 5) is 4.43. The van der Waals surface area contributed by atoms with Crippen molar-refractivity contribution >= 4 is 59.9 Å². The SMILES string of the molecule is Cc1cc(Br)cc2sc(NNC(N)=S)nc12. The Bertz CT molecular complexity index is 552. The van der Waals surface area contributed by atoms with Crippen LogP contribution in [0.5, 0.6) is 0 Å². The molecule has 0 amide bonds. The highest BCUT2D eigenvalue weighted by molar-refractivity contribution is 9.10. The summed E-state index contributed by atoms with van der Waals surface area (Å²) in [6.07, 6.45) is 0. The Kier molecular flexibility index (Phi) is 3.27. The number of thiocarbonyl (C=S) groups is 1. The number of rotatable bonds is 2. The van der Waals surface area contributed by atoms with Crippen molar-refractivity contribution in [3.63, 3.8) is 0 Å². The summed E-state index contributed by atoms with van der Waals surface area (Å²) in [5, 5.41) is 0.932. The number of nitrogens with zero attached hydrogens (tertiary/aromatic N) is 1. The fourth-order valence-electron chi connectivity index (χ4n) is 1.32. The number of thiazole rings is 1. The molecule has 0 aliphatic rings. The van der Waals surface area contributed by atoms with Crippen molar-refractivity contribution in [2.75, 3.05) is 5.43 Å². The van der Waals surface area contributed by atoms with Crippen LogP contribution < -0.4 is 16.6 Å². The molecule has 1 heterocycles. The van der Waals surface area contributed by atoms with Crippen LogP contribution in [0.15, 0.2) is 16.6 Å². The van der Waals surface area contributed by atoms with Gasteiger partial charge in [0.1, 0.15) is 0 Å². The molecule has 16 heavy (non-hydrogen) atoms. The van der Waals surface area contributed by atoms with E-state index in [1.165, 1.54) is 11.3 Å². The highest BCUT2D eigenvalue weighted by Gasteiger charge is 2.06. The van der Waals surface area contributed by atoms with Crippen molar-refractivity contribution in [3.8, 4) is 0 Å². The summed E-state index contributed by atoms with van der Waals surface area (Å²) in [6, 6.07) is 4.07. The van der Waals surface area contributed by atoms with Gasteiger partial charge in [-0.15, -0.1) is 0 Å². The van der Waals surface area contributed by atoms with Gasteiger partial charge in [-0.05, 0) is 36.8 Å². The zero-order chi connectivity index (χ0) is 11.7. The average Bonchev–Trinajstić information content (AvgIpc) is 2.57. The van der Waals surface area contributed by atoms with Crippen LogP contribution in [-0.2, 0) is 0 Å². The number of aromatic nitrogens is 1. The molecule has 1 aromatic heterocycles. The minimum atomic E-state index is 0.192. The van der Waals surface area contributed by atoms with Crippen molar-refractivity contribution in [1.29, 1.82) is 0 Å². The van der Waals surface area contributed by atoms with E-state index in [4.69, 9.17) is 18.0 Å². The van der Waals surface area contributed by atoms with E-state index in [1.54, 1.807) is 0 Å². The van der Waals surface area contributed by atoms with Gasteiger partial charge >= 0.3 is 0 Å². The molecule has 2 rings (SSSR count). The minimum Gasteiger partial charge on any atom is -0.375 e. The number of nitrogens with one attached hydrogen (secondary N) is 2. The van der Waals surface area contributed by atoms with Crippen LogP contribution in [0.3, 0.4) is 0 Å². The Morgan fingerprint density at radius 3 is 3.00 bits per heavy atom. The first-order valence-electron chi connectivity index (χ1n) is 4.44. The molecule has 0 aliphatic carbocycles. The van der Waals surface area contributed by atoms with Gasteiger partial charge in [0, 0.05) is 4.47 Å². The van der Waals surface area contributed by atoms with Crippen molar-refractivity contribution in [2.45, 2.75) is 6.92 Å². The molecule has 84 valence electrons. The summed E-state index contributed by atoms with van der Waals surface area (Å²) in [7, 11) is 0. The Labute approximate surface area is 110 Å². The van der Waals surface area contributed by atoms with Crippen molar-refractivity contribution in [2.24, 2.45) is 5.73 Å². The van der Waals surface area contributed by atoms with Crippen LogP contribution in [0.2, 0.25) is 0 Å². The molecule has 7 heteroatoms. The van der Waals surface area contributed by atoms with E-state index in [2.05, 4.69) is 31.8 Å². The maximum Gasteiger partial charge on any atom is 0.202 e. The van der Waals surface area contributed by atoms with Crippen molar-refractivity contribution in [1.82, 2.24) is 10.4 Å². The molecule has 4 nitrogen and oxygen atoms in total. The lowest BCUT2D eigenvalue weighted by atomic mass is 10.2. The maximum atomic E-state index is 5.32. The Balaban J connectivity index is 2.36. The quantitative estimate of drug-likeness (QED) is 0.587. The largest absolute Gasteiger partial charge is 0.375 e. The lowest BCUT2D eigenvalue weighted by Crippen LogP contribution is -2.33. The topological polar surface area (TPSA) is 63.0 Å². The molecular weight excluding hydrogens is 308 g/mol. The molecule has 4 N–H and O–H groups in total. The Morgan fingerprint density at radius 1 is 1.56 bits per heavy atom. The first-order chi connectivity index (χ1) is 7.56. The number of anilines is 1. The maximum absolute atomic E-state index is 5.32. The molecule has 0 fully saturated rings. The molecule has 0 atom stereocenters.